The largest absolute Gasteiger partial charge is 0.464 e. The van der Waals surface area contributed by atoms with Gasteiger partial charge in [-0.15, -0.1) is 0 Å². The van der Waals surface area contributed by atoms with Gasteiger partial charge in [-0.25, -0.2) is 4.79 Å². The quantitative estimate of drug-likeness (QED) is 0.577. The molecule has 82 valence electrons. The van der Waals surface area contributed by atoms with Crippen molar-refractivity contribution in [3.8, 4) is 0 Å². The van der Waals surface area contributed by atoms with E-state index in [0.717, 1.165) is 0 Å². The van der Waals surface area contributed by atoms with Gasteiger partial charge in [0.15, 0.2) is 11.9 Å². The van der Waals surface area contributed by atoms with E-state index < -0.39 is 24.0 Å². The fourth-order valence-electron chi connectivity index (χ4n) is 0.927. The third kappa shape index (κ3) is 3.85. The molecule has 5 heteroatoms. The maximum absolute atomic E-state index is 11.1. The van der Waals surface area contributed by atoms with E-state index in [9.17, 15) is 14.7 Å². The summed E-state index contributed by atoms with van der Waals surface area (Å²) in [5.41, 5.74) is 0. The van der Waals surface area contributed by atoms with Gasteiger partial charge in [-0.1, -0.05) is 6.92 Å². The number of carbonyl (C=O) groups is 2. The highest BCUT2D eigenvalue weighted by Crippen LogP contribution is 2.02. The topological polar surface area (TPSA) is 83.8 Å². The zero-order chi connectivity index (χ0) is 11.1. The SMILES string of the molecule is CCCC(=O)C(O)C(O)C(=O)OCC. The summed E-state index contributed by atoms with van der Waals surface area (Å²) in [5, 5.41) is 18.4. The normalized spacial score (nSPS) is 14.6. The van der Waals surface area contributed by atoms with Gasteiger partial charge in [0.2, 0.25) is 0 Å². The van der Waals surface area contributed by atoms with Crippen LogP contribution in [0.2, 0.25) is 0 Å². The lowest BCUT2D eigenvalue weighted by molar-refractivity contribution is -0.162. The summed E-state index contributed by atoms with van der Waals surface area (Å²) < 4.78 is 4.45. The lowest BCUT2D eigenvalue weighted by Gasteiger charge is -2.14. The lowest BCUT2D eigenvalue weighted by Crippen LogP contribution is -2.40. The zero-order valence-corrected chi connectivity index (χ0v) is 8.40. The van der Waals surface area contributed by atoms with E-state index in [1.54, 1.807) is 13.8 Å². The number of aliphatic hydroxyl groups is 2. The Hall–Kier alpha value is -0.940. The lowest BCUT2D eigenvalue weighted by atomic mass is 10.1. The van der Waals surface area contributed by atoms with Gasteiger partial charge < -0.3 is 14.9 Å². The van der Waals surface area contributed by atoms with Gasteiger partial charge in [0, 0.05) is 6.42 Å². The number of rotatable bonds is 6. The Labute approximate surface area is 82.7 Å². The second kappa shape index (κ2) is 6.50. The number of Topliss-reactive ketones (excluding diaryl/α,β-unsaturated/α-hetero) is 1. The van der Waals surface area contributed by atoms with Crippen molar-refractivity contribution >= 4 is 11.8 Å². The Morgan fingerprint density at radius 3 is 2.21 bits per heavy atom. The predicted octanol–water partition coefficient (Wildman–Crippen LogP) is -0.360. The summed E-state index contributed by atoms with van der Waals surface area (Å²) in [6.07, 6.45) is -2.74. The van der Waals surface area contributed by atoms with Gasteiger partial charge in [-0.05, 0) is 13.3 Å². The summed E-state index contributed by atoms with van der Waals surface area (Å²) in [5.74, 6) is -1.52. The highest BCUT2D eigenvalue weighted by molar-refractivity contribution is 5.89. The number of esters is 1. The summed E-state index contributed by atoms with van der Waals surface area (Å²) in [6.45, 7) is 3.44. The van der Waals surface area contributed by atoms with E-state index in [2.05, 4.69) is 4.74 Å². The van der Waals surface area contributed by atoms with Crippen molar-refractivity contribution in [2.45, 2.75) is 38.9 Å². The number of hydrogen-bond acceptors (Lipinski definition) is 5. The van der Waals surface area contributed by atoms with Crippen molar-refractivity contribution in [3.63, 3.8) is 0 Å². The molecule has 2 unspecified atom stereocenters. The molecule has 0 radical (unpaired) electrons. The molecule has 0 bridgehead atoms. The van der Waals surface area contributed by atoms with E-state index >= 15 is 0 Å². The molecule has 0 amide bonds. The second-order valence-corrected chi connectivity index (χ2v) is 2.86. The molecule has 0 aliphatic rings. The Morgan fingerprint density at radius 2 is 1.79 bits per heavy atom. The molecule has 0 aliphatic carbocycles. The first-order chi connectivity index (χ1) is 6.54. The van der Waals surface area contributed by atoms with Crippen molar-refractivity contribution in [3.05, 3.63) is 0 Å². The number of carbonyl (C=O) groups excluding carboxylic acids is 2. The molecule has 0 heterocycles. The number of aliphatic hydroxyl groups excluding tert-OH is 2. The minimum Gasteiger partial charge on any atom is -0.464 e. The van der Waals surface area contributed by atoms with Crippen LogP contribution < -0.4 is 0 Å². The molecule has 0 fully saturated rings. The summed E-state index contributed by atoms with van der Waals surface area (Å²) >= 11 is 0. The molecule has 5 nitrogen and oxygen atoms in total. The van der Waals surface area contributed by atoms with E-state index in [1.165, 1.54) is 0 Å². The van der Waals surface area contributed by atoms with Crippen molar-refractivity contribution in [2.24, 2.45) is 0 Å². The van der Waals surface area contributed by atoms with Gasteiger partial charge in [0.1, 0.15) is 6.10 Å². The molecular weight excluding hydrogens is 188 g/mol. The highest BCUT2D eigenvalue weighted by Gasteiger charge is 2.30. The van der Waals surface area contributed by atoms with E-state index in [0.29, 0.717) is 6.42 Å². The smallest absolute Gasteiger partial charge is 0.338 e. The van der Waals surface area contributed by atoms with Crippen LogP contribution in [-0.2, 0) is 14.3 Å². The standard InChI is InChI=1S/C9H16O5/c1-3-5-6(10)7(11)8(12)9(13)14-4-2/h7-8,11-12H,3-5H2,1-2H3. The average Bonchev–Trinajstić information content (AvgIpc) is 2.16. The van der Waals surface area contributed by atoms with Crippen molar-refractivity contribution < 1.29 is 24.5 Å². The molecule has 2 N–H and O–H groups in total. The van der Waals surface area contributed by atoms with Crippen LogP contribution in [0.5, 0.6) is 0 Å². The molecule has 14 heavy (non-hydrogen) atoms. The fraction of sp³-hybridized carbons (Fsp3) is 0.778. The Morgan fingerprint density at radius 1 is 1.21 bits per heavy atom. The molecule has 0 spiro atoms. The first-order valence-corrected chi connectivity index (χ1v) is 4.60. The first kappa shape index (κ1) is 13.1. The van der Waals surface area contributed by atoms with Crippen molar-refractivity contribution in [1.82, 2.24) is 0 Å². The molecule has 0 aromatic rings. The molecule has 0 aliphatic heterocycles. The molecular formula is C9H16O5. The number of ether oxygens (including phenoxy) is 1. The van der Waals surface area contributed by atoms with Gasteiger partial charge in [-0.3, -0.25) is 4.79 Å². The van der Waals surface area contributed by atoms with Gasteiger partial charge in [0.05, 0.1) is 6.61 Å². The van der Waals surface area contributed by atoms with Crippen LogP contribution in [0.15, 0.2) is 0 Å². The maximum Gasteiger partial charge on any atom is 0.338 e. The summed E-state index contributed by atoms with van der Waals surface area (Å²) in [7, 11) is 0. The molecule has 0 rings (SSSR count). The first-order valence-electron chi connectivity index (χ1n) is 4.60. The Balaban J connectivity index is 4.16. The minimum absolute atomic E-state index is 0.102. The number of ketones is 1. The van der Waals surface area contributed by atoms with E-state index in [1.807, 2.05) is 0 Å². The predicted molar refractivity (Wildman–Crippen MR) is 48.6 cm³/mol. The third-order valence-corrected chi connectivity index (χ3v) is 1.65. The second-order valence-electron chi connectivity index (χ2n) is 2.86. The van der Waals surface area contributed by atoms with Crippen LogP contribution in [-0.4, -0.2) is 40.8 Å². The molecule has 0 aromatic heterocycles. The molecule has 2 atom stereocenters. The summed E-state index contributed by atoms with van der Waals surface area (Å²) in [6, 6.07) is 0. The highest BCUT2D eigenvalue weighted by atomic mass is 16.5. The Bertz CT molecular complexity index is 179. The van der Waals surface area contributed by atoms with Crippen molar-refractivity contribution in [1.29, 1.82) is 0 Å². The number of hydrogen-bond donors (Lipinski definition) is 2. The summed E-state index contributed by atoms with van der Waals surface area (Å²) in [4.78, 5) is 22.0. The van der Waals surface area contributed by atoms with Crippen LogP contribution in [0.4, 0.5) is 0 Å². The van der Waals surface area contributed by atoms with E-state index in [-0.39, 0.29) is 13.0 Å². The van der Waals surface area contributed by atoms with Gasteiger partial charge >= 0.3 is 5.97 Å². The van der Waals surface area contributed by atoms with Crippen LogP contribution in [0.3, 0.4) is 0 Å². The molecule has 0 aromatic carbocycles. The monoisotopic (exact) mass is 204 g/mol. The van der Waals surface area contributed by atoms with E-state index in [4.69, 9.17) is 5.11 Å². The fourth-order valence-corrected chi connectivity index (χ4v) is 0.927. The third-order valence-electron chi connectivity index (χ3n) is 1.65. The molecule has 0 saturated heterocycles. The van der Waals surface area contributed by atoms with Gasteiger partial charge in [0.25, 0.3) is 0 Å². The van der Waals surface area contributed by atoms with Crippen LogP contribution >= 0.6 is 0 Å². The maximum atomic E-state index is 11.1. The minimum atomic E-state index is -1.77. The zero-order valence-electron chi connectivity index (χ0n) is 8.40. The Kier molecular flexibility index (Phi) is 6.07. The van der Waals surface area contributed by atoms with Crippen LogP contribution in [0.25, 0.3) is 0 Å². The van der Waals surface area contributed by atoms with Crippen molar-refractivity contribution in [2.75, 3.05) is 6.61 Å². The molecule has 0 saturated carbocycles. The van der Waals surface area contributed by atoms with Crippen LogP contribution in [0, 0.1) is 0 Å². The van der Waals surface area contributed by atoms with Crippen LogP contribution in [0.1, 0.15) is 26.7 Å². The van der Waals surface area contributed by atoms with Gasteiger partial charge in [-0.2, -0.15) is 0 Å². The average molecular weight is 204 g/mol.